The van der Waals surface area contributed by atoms with E-state index in [-0.39, 0.29) is 0 Å². The van der Waals surface area contributed by atoms with Gasteiger partial charge in [-0.15, -0.1) is 11.3 Å². The van der Waals surface area contributed by atoms with Crippen LogP contribution in [0.5, 0.6) is 0 Å². The monoisotopic (exact) mass is 254 g/mol. The van der Waals surface area contributed by atoms with Gasteiger partial charge in [0.05, 0.1) is 0 Å². The summed E-state index contributed by atoms with van der Waals surface area (Å²) in [5.74, 6) is 0. The minimum Gasteiger partial charge on any atom is -0.310 e. The summed E-state index contributed by atoms with van der Waals surface area (Å²) in [4.78, 5) is 9.21. The zero-order chi connectivity index (χ0) is 11.9. The molecule has 0 aliphatic carbocycles. The average Bonchev–Trinajstić information content (AvgIpc) is 2.84. The van der Waals surface area contributed by atoms with E-state index in [9.17, 15) is 0 Å². The lowest BCUT2D eigenvalue weighted by atomic mass is 10.3. The van der Waals surface area contributed by atoms with Gasteiger partial charge >= 0.3 is 0 Å². The molecule has 0 saturated carbocycles. The second kappa shape index (κ2) is 7.06. The van der Waals surface area contributed by atoms with E-state index < -0.39 is 0 Å². The summed E-state index contributed by atoms with van der Waals surface area (Å²) >= 11 is 1.72. The second-order valence-corrected chi connectivity index (χ2v) is 5.58. The Balaban J connectivity index is 1.49. The minimum atomic E-state index is 0.917. The standard InChI is InChI=1S/C12H22N4S/c1-15-6-8-16(9-7-15)5-2-3-13-11-12-14-4-10-17-12/h4,10,13H,2-3,5-9,11H2,1H3. The first-order valence-corrected chi connectivity index (χ1v) is 7.22. The number of piperazine rings is 1. The van der Waals surface area contributed by atoms with E-state index in [2.05, 4.69) is 27.1 Å². The highest BCUT2D eigenvalue weighted by Gasteiger charge is 2.12. The SMILES string of the molecule is CN1CCN(CCCNCc2nccs2)CC1. The van der Waals surface area contributed by atoms with Gasteiger partial charge in [-0.3, -0.25) is 0 Å². The molecule has 2 rings (SSSR count). The fraction of sp³-hybridized carbons (Fsp3) is 0.750. The largest absolute Gasteiger partial charge is 0.310 e. The molecule has 1 saturated heterocycles. The highest BCUT2D eigenvalue weighted by molar-refractivity contribution is 7.09. The zero-order valence-electron chi connectivity index (χ0n) is 10.6. The van der Waals surface area contributed by atoms with Gasteiger partial charge in [0, 0.05) is 44.3 Å². The van der Waals surface area contributed by atoms with Crippen molar-refractivity contribution in [3.8, 4) is 0 Å². The molecular formula is C12H22N4S. The Bertz CT molecular complexity index is 293. The molecule has 4 nitrogen and oxygen atoms in total. The number of rotatable bonds is 6. The lowest BCUT2D eigenvalue weighted by molar-refractivity contribution is 0.153. The Kier molecular flexibility index (Phi) is 5.38. The van der Waals surface area contributed by atoms with Crippen LogP contribution in [0.4, 0.5) is 0 Å². The number of hydrogen-bond acceptors (Lipinski definition) is 5. The Morgan fingerprint density at radius 2 is 2.18 bits per heavy atom. The zero-order valence-corrected chi connectivity index (χ0v) is 11.4. The van der Waals surface area contributed by atoms with Crippen LogP contribution in [-0.2, 0) is 6.54 Å². The molecular weight excluding hydrogens is 232 g/mol. The molecule has 0 atom stereocenters. The predicted octanol–water partition coefficient (Wildman–Crippen LogP) is 0.870. The first kappa shape index (κ1) is 13.0. The van der Waals surface area contributed by atoms with Crippen LogP contribution in [0.2, 0.25) is 0 Å². The first-order valence-electron chi connectivity index (χ1n) is 6.34. The maximum Gasteiger partial charge on any atom is 0.106 e. The van der Waals surface area contributed by atoms with Gasteiger partial charge in [0.1, 0.15) is 5.01 Å². The normalized spacial score (nSPS) is 18.6. The maximum atomic E-state index is 4.25. The van der Waals surface area contributed by atoms with Crippen molar-refractivity contribution in [3.05, 3.63) is 16.6 Å². The van der Waals surface area contributed by atoms with Crippen LogP contribution in [-0.4, -0.2) is 61.1 Å². The molecule has 0 spiro atoms. The number of nitrogens with zero attached hydrogens (tertiary/aromatic N) is 3. The van der Waals surface area contributed by atoms with Crippen LogP contribution in [0, 0.1) is 0 Å². The van der Waals surface area contributed by atoms with Crippen molar-refractivity contribution in [2.45, 2.75) is 13.0 Å². The Morgan fingerprint density at radius 3 is 2.88 bits per heavy atom. The lowest BCUT2D eigenvalue weighted by Crippen LogP contribution is -2.45. The van der Waals surface area contributed by atoms with Crippen LogP contribution < -0.4 is 5.32 Å². The molecule has 0 amide bonds. The Morgan fingerprint density at radius 1 is 1.35 bits per heavy atom. The van der Waals surface area contributed by atoms with E-state index in [1.807, 2.05) is 11.6 Å². The van der Waals surface area contributed by atoms with Gasteiger partial charge in [0.15, 0.2) is 0 Å². The van der Waals surface area contributed by atoms with Gasteiger partial charge in [0.2, 0.25) is 0 Å². The predicted molar refractivity (Wildman–Crippen MR) is 72.4 cm³/mol. The van der Waals surface area contributed by atoms with Crippen LogP contribution in [0.3, 0.4) is 0 Å². The third-order valence-corrected chi connectivity index (χ3v) is 3.96. The lowest BCUT2D eigenvalue weighted by Gasteiger charge is -2.32. The number of hydrogen-bond donors (Lipinski definition) is 1. The number of nitrogens with one attached hydrogen (secondary N) is 1. The molecule has 1 aliphatic rings. The van der Waals surface area contributed by atoms with Gasteiger partial charge < -0.3 is 15.1 Å². The van der Waals surface area contributed by atoms with Crippen LogP contribution in [0.25, 0.3) is 0 Å². The average molecular weight is 254 g/mol. The highest BCUT2D eigenvalue weighted by atomic mass is 32.1. The molecule has 0 bridgehead atoms. The van der Waals surface area contributed by atoms with E-state index in [1.54, 1.807) is 11.3 Å². The summed E-state index contributed by atoms with van der Waals surface area (Å²) < 4.78 is 0. The summed E-state index contributed by atoms with van der Waals surface area (Å²) in [5, 5.41) is 6.66. The van der Waals surface area contributed by atoms with Crippen molar-refractivity contribution in [2.24, 2.45) is 0 Å². The van der Waals surface area contributed by atoms with Crippen molar-refractivity contribution >= 4 is 11.3 Å². The summed E-state index contributed by atoms with van der Waals surface area (Å²) in [6.45, 7) is 8.11. The molecule has 5 heteroatoms. The number of thiazole rings is 1. The van der Waals surface area contributed by atoms with Gasteiger partial charge in [0.25, 0.3) is 0 Å². The fourth-order valence-electron chi connectivity index (χ4n) is 2.03. The van der Waals surface area contributed by atoms with Gasteiger partial charge in [-0.25, -0.2) is 4.98 Å². The topological polar surface area (TPSA) is 31.4 Å². The number of aromatic nitrogens is 1. The Labute approximate surface area is 108 Å². The maximum absolute atomic E-state index is 4.25. The van der Waals surface area contributed by atoms with Crippen molar-refractivity contribution in [1.29, 1.82) is 0 Å². The molecule has 96 valence electrons. The van der Waals surface area contributed by atoms with E-state index in [4.69, 9.17) is 0 Å². The number of likely N-dealkylation sites (N-methyl/N-ethyl adjacent to an activating group) is 1. The quantitative estimate of drug-likeness (QED) is 0.763. The van der Waals surface area contributed by atoms with E-state index in [0.717, 1.165) is 13.1 Å². The van der Waals surface area contributed by atoms with Crippen molar-refractivity contribution < 1.29 is 0 Å². The summed E-state index contributed by atoms with van der Waals surface area (Å²) in [5.41, 5.74) is 0. The molecule has 1 aromatic heterocycles. The second-order valence-electron chi connectivity index (χ2n) is 4.60. The first-order chi connectivity index (χ1) is 8.34. The fourth-order valence-corrected chi connectivity index (χ4v) is 2.62. The summed E-state index contributed by atoms with van der Waals surface area (Å²) in [7, 11) is 2.20. The Hall–Kier alpha value is -0.490. The summed E-state index contributed by atoms with van der Waals surface area (Å²) in [6.07, 6.45) is 3.10. The molecule has 0 aromatic carbocycles. The van der Waals surface area contributed by atoms with Crippen molar-refractivity contribution in [3.63, 3.8) is 0 Å². The van der Waals surface area contributed by atoms with E-state index in [0.29, 0.717) is 0 Å². The smallest absolute Gasteiger partial charge is 0.106 e. The highest BCUT2D eigenvalue weighted by Crippen LogP contribution is 2.03. The van der Waals surface area contributed by atoms with E-state index >= 15 is 0 Å². The molecule has 1 N–H and O–H groups in total. The van der Waals surface area contributed by atoms with Crippen LogP contribution >= 0.6 is 11.3 Å². The molecule has 1 aromatic rings. The molecule has 1 aliphatic heterocycles. The molecule has 0 unspecified atom stereocenters. The summed E-state index contributed by atoms with van der Waals surface area (Å²) in [6, 6.07) is 0. The van der Waals surface area contributed by atoms with E-state index in [1.165, 1.54) is 44.2 Å². The molecule has 2 heterocycles. The van der Waals surface area contributed by atoms with Crippen LogP contribution in [0.15, 0.2) is 11.6 Å². The van der Waals surface area contributed by atoms with Gasteiger partial charge in [-0.2, -0.15) is 0 Å². The van der Waals surface area contributed by atoms with Gasteiger partial charge in [-0.1, -0.05) is 0 Å². The minimum absolute atomic E-state index is 0.917. The molecule has 17 heavy (non-hydrogen) atoms. The third-order valence-electron chi connectivity index (χ3n) is 3.18. The third kappa shape index (κ3) is 4.71. The molecule has 0 radical (unpaired) electrons. The van der Waals surface area contributed by atoms with Gasteiger partial charge in [-0.05, 0) is 26.6 Å². The van der Waals surface area contributed by atoms with Crippen LogP contribution in [0.1, 0.15) is 11.4 Å². The molecule has 1 fully saturated rings. The van der Waals surface area contributed by atoms with Crippen molar-refractivity contribution in [1.82, 2.24) is 20.1 Å². The van der Waals surface area contributed by atoms with Crippen molar-refractivity contribution in [2.75, 3.05) is 46.3 Å².